The van der Waals surface area contributed by atoms with Crippen LogP contribution >= 0.6 is 0 Å². The molecular weight excluding hydrogens is 1150 g/mol. The summed E-state index contributed by atoms with van der Waals surface area (Å²) in [5, 5.41) is 163. The van der Waals surface area contributed by atoms with Gasteiger partial charge in [-0.3, -0.25) is 0 Å². The van der Waals surface area contributed by atoms with Crippen molar-refractivity contribution in [3.05, 3.63) is 0 Å². The lowest BCUT2D eigenvalue weighted by Gasteiger charge is -2.50. The Kier molecular flexibility index (Phi) is 25.0. The van der Waals surface area contributed by atoms with Crippen LogP contribution in [0.1, 0.15) is 0 Å². The molecule has 0 radical (unpaired) electrons. The van der Waals surface area contributed by atoms with Gasteiger partial charge in [-0.25, -0.2) is 0 Å². The topological polar surface area (TPSA) is 477 Å². The lowest BCUT2D eigenvalue weighted by molar-refractivity contribution is -0.397. The summed E-state index contributed by atoms with van der Waals surface area (Å²) in [6.07, 6.45) is -62.6. The molecule has 0 amide bonds. The molecule has 21 rings (SSSR count). The third-order valence-corrected chi connectivity index (χ3v) is 15.8. The molecule has 35 heteroatoms. The van der Waals surface area contributed by atoms with E-state index >= 15 is 0 Å². The average molecular weight is 1230 g/mol. The third kappa shape index (κ3) is 14.5. The fourth-order valence-corrected chi connectivity index (χ4v) is 11.5. The molecule has 35 unspecified atom stereocenters. The van der Waals surface area contributed by atoms with Crippen LogP contribution in [0, 0.1) is 0 Å². The van der Waals surface area contributed by atoms with Gasteiger partial charge in [-0.1, -0.05) is 0 Å². The van der Waals surface area contributed by atoms with Crippen molar-refractivity contribution in [2.45, 2.75) is 215 Å². The normalized spacial score (nSPS) is 51.8. The summed E-state index contributed by atoms with van der Waals surface area (Å²) in [6.45, 7) is -2.75. The SMILES string of the molecule is COCC1OC2OC3C(COC)OC(OC4C(COC)OC(OC5C(COC)OC(OC6C(COC)OC(OC7C(COC)OC(OC8C(COC)OC(OC1C(O)C2O)C(O)C8O)C(O)C7O)C(O)C6O)C(O)C5O)C(O)C4O)C(O)C3O. The summed E-state index contributed by atoms with van der Waals surface area (Å²) in [5.41, 5.74) is 0. The molecule has 0 aromatic carbocycles. The van der Waals surface area contributed by atoms with Gasteiger partial charge in [0.25, 0.3) is 0 Å². The molecule has 0 aliphatic carbocycles. The third-order valence-electron chi connectivity index (χ3n) is 15.8. The highest BCUT2D eigenvalue weighted by Gasteiger charge is 2.60. The Bertz CT molecular complexity index is 1590. The molecule has 35 atom stereocenters. The molecule has 21 aliphatic heterocycles. The first kappa shape index (κ1) is 68.5. The van der Waals surface area contributed by atoms with Crippen LogP contribution in [0.3, 0.4) is 0 Å². The fraction of sp³-hybridized carbons (Fsp3) is 1.00. The van der Waals surface area contributed by atoms with Crippen molar-refractivity contribution in [2.24, 2.45) is 0 Å². The minimum absolute atomic E-state index is 0.393. The number of aliphatic hydroxyl groups is 14. The van der Waals surface area contributed by atoms with Crippen LogP contribution < -0.4 is 0 Å². The number of hydrogen-bond acceptors (Lipinski definition) is 35. The maximum atomic E-state index is 11.7. The van der Waals surface area contributed by atoms with Gasteiger partial charge >= 0.3 is 0 Å². The van der Waals surface area contributed by atoms with E-state index in [9.17, 15) is 71.5 Å². The number of aliphatic hydroxyl groups excluding tert-OH is 14. The zero-order chi connectivity index (χ0) is 61.0. The van der Waals surface area contributed by atoms with Gasteiger partial charge in [-0.15, -0.1) is 0 Å². The summed E-state index contributed by atoms with van der Waals surface area (Å²) >= 11 is 0. The molecule has 0 aromatic heterocycles. The summed E-state index contributed by atoms with van der Waals surface area (Å²) in [7, 11) is 8.84. The van der Waals surface area contributed by atoms with E-state index in [-0.39, 0.29) is 0 Å². The van der Waals surface area contributed by atoms with Crippen molar-refractivity contribution in [3.8, 4) is 0 Å². The van der Waals surface area contributed by atoms with E-state index in [4.69, 9.17) is 99.5 Å². The van der Waals surface area contributed by atoms with Crippen LogP contribution in [0.15, 0.2) is 0 Å². The molecule has 0 aromatic rings. The average Bonchev–Trinajstić information content (AvgIpc) is 2.45. The molecular formula is C49H84O35. The standard InChI is InChI=1S/C49H84O35/c1-64-8-15-36-22(50)29(57)43(71-15)79-37-16(9-65-2)73-45(31(59)24(37)52)81-39-18(11-67-4)75-47(33(61)26(39)54)83-41-20(13-69-6)77-49(35(63)28(41)56)84-42-21(14-70-7)76-48(34(62)27(42)55)82-40-19(12-68-5)74-46(32(60)25(40)53)80-38-17(10-66-3)72-44(78-36)30(58)23(38)51/h15-63H,8-14H2,1-7H3. The van der Waals surface area contributed by atoms with Crippen LogP contribution in [0.5, 0.6) is 0 Å². The van der Waals surface area contributed by atoms with Gasteiger partial charge in [0.1, 0.15) is 171 Å². The van der Waals surface area contributed by atoms with Crippen molar-refractivity contribution < 1.29 is 171 Å². The fourth-order valence-electron chi connectivity index (χ4n) is 11.5. The first-order valence-electron chi connectivity index (χ1n) is 27.3. The van der Waals surface area contributed by atoms with Crippen molar-refractivity contribution in [2.75, 3.05) is 96.0 Å². The maximum Gasteiger partial charge on any atom is 0.187 e. The second-order valence-electron chi connectivity index (χ2n) is 21.6. The Morgan fingerprint density at radius 1 is 0.179 bits per heavy atom. The van der Waals surface area contributed by atoms with E-state index in [1.54, 1.807) is 0 Å². The molecule has 21 fully saturated rings. The molecule has 0 spiro atoms. The van der Waals surface area contributed by atoms with Gasteiger partial charge in [0.15, 0.2) is 44.0 Å². The highest BCUT2D eigenvalue weighted by atomic mass is 16.8. The zero-order valence-corrected chi connectivity index (χ0v) is 47.0. The number of methoxy groups -OCH3 is 7. The maximum absolute atomic E-state index is 11.7. The van der Waals surface area contributed by atoms with Gasteiger partial charge in [0.2, 0.25) is 0 Å². The summed E-state index contributed by atoms with van der Waals surface area (Å²) in [5.74, 6) is 0. The van der Waals surface area contributed by atoms with Gasteiger partial charge in [-0.05, 0) is 0 Å². The smallest absolute Gasteiger partial charge is 0.187 e. The first-order valence-corrected chi connectivity index (χ1v) is 27.3. The minimum atomic E-state index is -2.05. The molecule has 0 saturated carbocycles. The molecule has 490 valence electrons. The second-order valence-corrected chi connectivity index (χ2v) is 21.6. The molecule has 84 heavy (non-hydrogen) atoms. The van der Waals surface area contributed by atoms with E-state index in [2.05, 4.69) is 0 Å². The van der Waals surface area contributed by atoms with Gasteiger partial charge in [0.05, 0.1) is 46.2 Å². The van der Waals surface area contributed by atoms with Crippen LogP contribution in [-0.2, 0) is 99.5 Å². The minimum Gasteiger partial charge on any atom is -0.387 e. The molecule has 14 bridgehead atoms. The van der Waals surface area contributed by atoms with Crippen LogP contribution in [0.2, 0.25) is 0 Å². The van der Waals surface area contributed by atoms with Gasteiger partial charge in [0, 0.05) is 49.8 Å². The van der Waals surface area contributed by atoms with E-state index in [1.165, 1.54) is 49.8 Å². The lowest BCUT2D eigenvalue weighted by Crippen LogP contribution is -2.68. The first-order chi connectivity index (χ1) is 40.2. The van der Waals surface area contributed by atoms with Gasteiger partial charge < -0.3 is 171 Å². The number of ether oxygens (including phenoxy) is 21. The molecule has 21 heterocycles. The molecule has 35 nitrogen and oxygen atoms in total. The molecule has 21 aliphatic rings. The molecule has 21 saturated heterocycles. The van der Waals surface area contributed by atoms with Crippen LogP contribution in [-0.4, -0.2) is 382 Å². The number of rotatable bonds is 14. The quantitative estimate of drug-likeness (QED) is 0.0768. The Morgan fingerprint density at radius 2 is 0.286 bits per heavy atom. The van der Waals surface area contributed by atoms with E-state index in [0.717, 1.165) is 0 Å². The highest BCUT2D eigenvalue weighted by Crippen LogP contribution is 2.39. The zero-order valence-electron chi connectivity index (χ0n) is 47.0. The van der Waals surface area contributed by atoms with Crippen molar-refractivity contribution >= 4 is 0 Å². The van der Waals surface area contributed by atoms with E-state index < -0.39 is 261 Å². The lowest BCUT2D eigenvalue weighted by atomic mass is 9.95. The molecule has 14 N–H and O–H groups in total. The predicted molar refractivity (Wildman–Crippen MR) is 262 cm³/mol. The van der Waals surface area contributed by atoms with Crippen molar-refractivity contribution in [1.29, 1.82) is 0 Å². The Morgan fingerprint density at radius 3 is 0.381 bits per heavy atom. The van der Waals surface area contributed by atoms with Crippen LogP contribution in [0.25, 0.3) is 0 Å². The predicted octanol–water partition coefficient (Wildman–Crippen LogP) is -10.7. The van der Waals surface area contributed by atoms with Gasteiger partial charge in [-0.2, -0.15) is 0 Å². The van der Waals surface area contributed by atoms with Crippen molar-refractivity contribution in [3.63, 3.8) is 0 Å². The van der Waals surface area contributed by atoms with Crippen LogP contribution in [0.4, 0.5) is 0 Å². The summed E-state index contributed by atoms with van der Waals surface area (Å²) < 4.78 is 122. The number of hydrogen-bond donors (Lipinski definition) is 14. The Hall–Kier alpha value is -1.40. The highest BCUT2D eigenvalue weighted by molar-refractivity contribution is 5.02. The van der Waals surface area contributed by atoms with Crippen molar-refractivity contribution in [1.82, 2.24) is 0 Å². The Labute approximate surface area is 481 Å². The van der Waals surface area contributed by atoms with E-state index in [0.29, 0.717) is 0 Å². The van der Waals surface area contributed by atoms with E-state index in [1.807, 2.05) is 0 Å². The monoisotopic (exact) mass is 1230 g/mol. The Balaban J connectivity index is 1.12. The summed E-state index contributed by atoms with van der Waals surface area (Å²) in [6, 6.07) is 0. The second kappa shape index (κ2) is 30.6. The largest absolute Gasteiger partial charge is 0.387 e. The summed E-state index contributed by atoms with van der Waals surface area (Å²) in [4.78, 5) is 0.